The van der Waals surface area contributed by atoms with Gasteiger partial charge in [0.2, 0.25) is 0 Å². The summed E-state index contributed by atoms with van der Waals surface area (Å²) in [6.07, 6.45) is 3.65. The summed E-state index contributed by atoms with van der Waals surface area (Å²) < 4.78 is 32.6. The monoisotopic (exact) mass is 420 g/mol. The first-order chi connectivity index (χ1) is 14.4. The summed E-state index contributed by atoms with van der Waals surface area (Å²) in [5.74, 6) is -3.99. The Bertz CT molecular complexity index is 918. The van der Waals surface area contributed by atoms with Crippen LogP contribution in [0, 0.1) is 17.6 Å². The van der Waals surface area contributed by atoms with Gasteiger partial charge in [0.05, 0.1) is 18.2 Å². The number of carbonyl (C=O) groups excluding carboxylic acids is 3. The Morgan fingerprint density at radius 3 is 2.43 bits per heavy atom. The zero-order valence-corrected chi connectivity index (χ0v) is 16.3. The molecule has 1 aromatic heterocycles. The third-order valence-corrected chi connectivity index (χ3v) is 4.98. The molecule has 1 aliphatic carbocycles. The van der Waals surface area contributed by atoms with Crippen molar-refractivity contribution in [2.24, 2.45) is 5.92 Å². The van der Waals surface area contributed by atoms with E-state index in [0.29, 0.717) is 32.3 Å². The summed E-state index contributed by atoms with van der Waals surface area (Å²) in [6.45, 7) is 2.09. The molecule has 8 nitrogen and oxygen atoms in total. The summed E-state index contributed by atoms with van der Waals surface area (Å²) in [5, 5.41) is 11.4. The highest BCUT2D eigenvalue weighted by Crippen LogP contribution is 2.26. The van der Waals surface area contributed by atoms with Crippen LogP contribution in [0.5, 0.6) is 0 Å². The van der Waals surface area contributed by atoms with Crippen molar-refractivity contribution in [1.82, 2.24) is 15.5 Å². The number of ether oxygens (including phenoxy) is 1. The number of nitrogens with zero attached hydrogens (tertiary/aromatic N) is 1. The highest BCUT2D eigenvalue weighted by atomic mass is 19.1. The molecule has 30 heavy (non-hydrogen) atoms. The summed E-state index contributed by atoms with van der Waals surface area (Å²) in [7, 11) is 0. The minimum absolute atomic E-state index is 0.000336. The fourth-order valence-electron chi connectivity index (χ4n) is 3.45. The highest BCUT2D eigenvalue weighted by Gasteiger charge is 2.29. The van der Waals surface area contributed by atoms with Crippen LogP contribution < -0.4 is 10.6 Å². The van der Waals surface area contributed by atoms with Gasteiger partial charge < -0.3 is 15.4 Å². The van der Waals surface area contributed by atoms with E-state index >= 15 is 0 Å². The maximum atomic E-state index is 13.8. The average molecular weight is 420 g/mol. The predicted molar refractivity (Wildman–Crippen MR) is 103 cm³/mol. The number of halogens is 2. The summed E-state index contributed by atoms with van der Waals surface area (Å²) in [4.78, 5) is 36.7. The van der Waals surface area contributed by atoms with Gasteiger partial charge in [0.25, 0.3) is 11.8 Å². The van der Waals surface area contributed by atoms with Crippen LogP contribution >= 0.6 is 0 Å². The van der Waals surface area contributed by atoms with E-state index in [0.717, 1.165) is 18.2 Å². The lowest BCUT2D eigenvalue weighted by Gasteiger charge is -2.27. The first kappa shape index (κ1) is 21.4. The van der Waals surface area contributed by atoms with E-state index in [9.17, 15) is 23.2 Å². The van der Waals surface area contributed by atoms with Gasteiger partial charge in [-0.15, -0.1) is 0 Å². The van der Waals surface area contributed by atoms with Crippen LogP contribution in [0.4, 0.5) is 14.5 Å². The van der Waals surface area contributed by atoms with Crippen molar-refractivity contribution in [3.8, 4) is 0 Å². The molecule has 0 aliphatic heterocycles. The fraction of sp³-hybridized carbons (Fsp3) is 0.400. The lowest BCUT2D eigenvalue weighted by molar-refractivity contribution is -0.149. The third-order valence-electron chi connectivity index (χ3n) is 4.98. The van der Waals surface area contributed by atoms with Crippen molar-refractivity contribution in [3.05, 3.63) is 47.3 Å². The van der Waals surface area contributed by atoms with Gasteiger partial charge in [-0.05, 0) is 44.7 Å². The molecule has 0 unspecified atom stereocenters. The number of nitrogens with one attached hydrogen (secondary N) is 3. The lowest BCUT2D eigenvalue weighted by atomic mass is 9.86. The molecule has 0 radical (unpaired) electrons. The standard InChI is InChI=1S/C20H22F2N4O4/c1-2-30-20(29)11-6-8-12(9-7-11)24-19(28)17-15(10-23-26-17)25-18(27)16-13(21)4-3-5-14(16)22/h3-5,10-12H,2,6-9H2,1H3,(H,23,26)(H,24,28)(H,25,27). The van der Waals surface area contributed by atoms with Crippen molar-refractivity contribution < 1.29 is 27.9 Å². The number of rotatable bonds is 6. The molecule has 3 rings (SSSR count). The highest BCUT2D eigenvalue weighted by molar-refractivity contribution is 6.08. The van der Waals surface area contributed by atoms with Crippen LogP contribution in [0.25, 0.3) is 0 Å². The quantitative estimate of drug-likeness (QED) is 0.622. The first-order valence-corrected chi connectivity index (χ1v) is 9.67. The van der Waals surface area contributed by atoms with E-state index in [1.807, 2.05) is 0 Å². The summed E-state index contributed by atoms with van der Waals surface area (Å²) >= 11 is 0. The number of aromatic nitrogens is 2. The molecule has 1 heterocycles. The molecular weight excluding hydrogens is 398 g/mol. The number of esters is 1. The van der Waals surface area contributed by atoms with E-state index in [2.05, 4.69) is 20.8 Å². The zero-order chi connectivity index (χ0) is 21.7. The van der Waals surface area contributed by atoms with Gasteiger partial charge >= 0.3 is 5.97 Å². The number of aromatic amines is 1. The van der Waals surface area contributed by atoms with Crippen LogP contribution in [-0.4, -0.2) is 40.6 Å². The molecule has 160 valence electrons. The van der Waals surface area contributed by atoms with Crippen LogP contribution in [-0.2, 0) is 9.53 Å². The minimum Gasteiger partial charge on any atom is -0.466 e. The molecule has 1 saturated carbocycles. The van der Waals surface area contributed by atoms with Gasteiger partial charge in [-0.2, -0.15) is 5.10 Å². The lowest BCUT2D eigenvalue weighted by Crippen LogP contribution is -2.39. The first-order valence-electron chi connectivity index (χ1n) is 9.67. The second kappa shape index (κ2) is 9.47. The number of amides is 2. The minimum atomic E-state index is -1.03. The van der Waals surface area contributed by atoms with E-state index in [1.54, 1.807) is 6.92 Å². The number of H-pyrrole nitrogens is 1. The Hall–Kier alpha value is -3.30. The van der Waals surface area contributed by atoms with E-state index in [1.165, 1.54) is 6.20 Å². The maximum absolute atomic E-state index is 13.8. The maximum Gasteiger partial charge on any atom is 0.308 e. The summed E-state index contributed by atoms with van der Waals surface area (Å²) in [5.41, 5.74) is -0.852. The Balaban J connectivity index is 1.61. The molecule has 2 amide bonds. The SMILES string of the molecule is CCOC(=O)C1CCC(NC(=O)c2n[nH]cc2NC(=O)c2c(F)cccc2F)CC1. The molecule has 1 fully saturated rings. The molecular formula is C20H22F2N4O4. The Kier molecular flexibility index (Phi) is 6.76. The smallest absolute Gasteiger partial charge is 0.308 e. The number of anilines is 1. The molecule has 0 saturated heterocycles. The van der Waals surface area contributed by atoms with Crippen molar-refractivity contribution in [2.75, 3.05) is 11.9 Å². The number of carbonyl (C=O) groups is 3. The van der Waals surface area contributed by atoms with E-state index < -0.39 is 29.0 Å². The van der Waals surface area contributed by atoms with Crippen LogP contribution in [0.3, 0.4) is 0 Å². The van der Waals surface area contributed by atoms with Gasteiger partial charge in [-0.1, -0.05) is 6.07 Å². The second-order valence-corrected chi connectivity index (χ2v) is 6.97. The molecule has 1 aromatic carbocycles. The molecule has 0 spiro atoms. The molecule has 1 aliphatic rings. The van der Waals surface area contributed by atoms with Gasteiger partial charge in [0.1, 0.15) is 17.2 Å². The molecule has 3 N–H and O–H groups in total. The number of hydrogen-bond donors (Lipinski definition) is 3. The largest absolute Gasteiger partial charge is 0.466 e. The zero-order valence-electron chi connectivity index (χ0n) is 16.3. The van der Waals surface area contributed by atoms with Crippen LogP contribution in [0.2, 0.25) is 0 Å². The normalized spacial score (nSPS) is 18.5. The Labute approximate surface area is 171 Å². The molecule has 2 aromatic rings. The van der Waals surface area contributed by atoms with Crippen molar-refractivity contribution >= 4 is 23.5 Å². The van der Waals surface area contributed by atoms with Gasteiger partial charge in [-0.3, -0.25) is 19.5 Å². The summed E-state index contributed by atoms with van der Waals surface area (Å²) in [6, 6.07) is 2.92. The third kappa shape index (κ3) is 4.81. The average Bonchev–Trinajstić information content (AvgIpc) is 3.17. The Morgan fingerprint density at radius 2 is 1.80 bits per heavy atom. The van der Waals surface area contributed by atoms with Crippen LogP contribution in [0.1, 0.15) is 53.5 Å². The second-order valence-electron chi connectivity index (χ2n) is 6.97. The van der Waals surface area contributed by atoms with E-state index in [4.69, 9.17) is 4.74 Å². The van der Waals surface area contributed by atoms with Gasteiger partial charge in [-0.25, -0.2) is 8.78 Å². The van der Waals surface area contributed by atoms with Gasteiger partial charge in [0.15, 0.2) is 5.69 Å². The Morgan fingerprint density at radius 1 is 1.13 bits per heavy atom. The van der Waals surface area contributed by atoms with Gasteiger partial charge in [0, 0.05) is 12.2 Å². The number of hydrogen-bond acceptors (Lipinski definition) is 5. The number of benzene rings is 1. The molecule has 10 heteroatoms. The van der Waals surface area contributed by atoms with Crippen molar-refractivity contribution in [3.63, 3.8) is 0 Å². The van der Waals surface area contributed by atoms with Crippen molar-refractivity contribution in [1.29, 1.82) is 0 Å². The van der Waals surface area contributed by atoms with E-state index in [-0.39, 0.29) is 29.3 Å². The van der Waals surface area contributed by atoms with Crippen LogP contribution in [0.15, 0.2) is 24.4 Å². The molecule has 0 bridgehead atoms. The van der Waals surface area contributed by atoms with Crippen molar-refractivity contribution in [2.45, 2.75) is 38.6 Å². The predicted octanol–water partition coefficient (Wildman–Crippen LogP) is 2.79. The molecule has 0 atom stereocenters. The fourth-order valence-corrected chi connectivity index (χ4v) is 3.45. The topological polar surface area (TPSA) is 113 Å².